The third-order valence-electron chi connectivity index (χ3n) is 4.32. The molecule has 138 valence electrons. The summed E-state index contributed by atoms with van der Waals surface area (Å²) in [5.41, 5.74) is 1.33. The van der Waals surface area contributed by atoms with E-state index < -0.39 is 27.4 Å². The fourth-order valence-electron chi connectivity index (χ4n) is 3.21. The zero-order valence-corrected chi connectivity index (χ0v) is 15.2. The number of sulfone groups is 1. The lowest BCUT2D eigenvalue weighted by molar-refractivity contribution is 0.0518. The molecular formula is C19H15FN2O4S. The molecule has 2 heterocycles. The van der Waals surface area contributed by atoms with Crippen LogP contribution in [0.2, 0.25) is 0 Å². The van der Waals surface area contributed by atoms with Crippen molar-refractivity contribution in [2.75, 3.05) is 6.61 Å². The summed E-state index contributed by atoms with van der Waals surface area (Å²) in [7, 11) is -3.74. The van der Waals surface area contributed by atoms with Gasteiger partial charge in [-0.05, 0) is 37.3 Å². The van der Waals surface area contributed by atoms with Gasteiger partial charge in [0.2, 0.25) is 0 Å². The van der Waals surface area contributed by atoms with Gasteiger partial charge in [-0.1, -0.05) is 18.2 Å². The molecule has 3 aromatic rings. The van der Waals surface area contributed by atoms with Crippen molar-refractivity contribution in [3.8, 4) is 16.9 Å². The second-order valence-corrected chi connectivity index (χ2v) is 8.00. The summed E-state index contributed by atoms with van der Waals surface area (Å²) < 4.78 is 45.9. The Kier molecular flexibility index (Phi) is 4.07. The standard InChI is InChI=1S/C19H15FN2O4S/c1-2-26-19(23)17-15-11-27(24,25)16-9-8-12(20)10-14(16)18(15)22(21-17)13-6-4-3-5-7-13/h3-10H,2,11H2,1H3. The Morgan fingerprint density at radius 2 is 1.96 bits per heavy atom. The zero-order chi connectivity index (χ0) is 19.2. The van der Waals surface area contributed by atoms with Crippen molar-refractivity contribution in [2.24, 2.45) is 0 Å². The van der Waals surface area contributed by atoms with Gasteiger partial charge in [-0.2, -0.15) is 5.10 Å². The number of carbonyl (C=O) groups excluding carboxylic acids is 1. The van der Waals surface area contributed by atoms with Gasteiger partial charge in [-0.15, -0.1) is 0 Å². The summed E-state index contributed by atoms with van der Waals surface area (Å²) >= 11 is 0. The number of halogens is 1. The van der Waals surface area contributed by atoms with Crippen LogP contribution in [0.4, 0.5) is 4.39 Å². The molecule has 4 rings (SSSR count). The van der Waals surface area contributed by atoms with Gasteiger partial charge in [-0.25, -0.2) is 22.3 Å². The van der Waals surface area contributed by atoms with Gasteiger partial charge in [0.15, 0.2) is 15.5 Å². The summed E-state index contributed by atoms with van der Waals surface area (Å²) in [4.78, 5) is 12.4. The molecule has 0 amide bonds. The molecule has 0 radical (unpaired) electrons. The lowest BCUT2D eigenvalue weighted by atomic mass is 10.1. The van der Waals surface area contributed by atoms with Crippen molar-refractivity contribution in [1.82, 2.24) is 9.78 Å². The van der Waals surface area contributed by atoms with E-state index in [0.29, 0.717) is 11.4 Å². The van der Waals surface area contributed by atoms with E-state index in [2.05, 4.69) is 5.10 Å². The Labute approximate surface area is 155 Å². The maximum absolute atomic E-state index is 13.9. The Morgan fingerprint density at radius 3 is 2.67 bits per heavy atom. The molecular weight excluding hydrogens is 371 g/mol. The van der Waals surface area contributed by atoms with Crippen molar-refractivity contribution >= 4 is 15.8 Å². The van der Waals surface area contributed by atoms with Crippen LogP contribution in [0.3, 0.4) is 0 Å². The molecule has 0 spiro atoms. The summed E-state index contributed by atoms with van der Waals surface area (Å²) in [5.74, 6) is -1.68. The number of rotatable bonds is 3. The van der Waals surface area contributed by atoms with Gasteiger partial charge in [0.1, 0.15) is 5.82 Å². The fourth-order valence-corrected chi connectivity index (χ4v) is 4.78. The SMILES string of the molecule is CCOC(=O)c1nn(-c2ccccc2)c2c1CS(=O)(=O)c1ccc(F)cc1-2. The van der Waals surface area contributed by atoms with E-state index in [1.807, 2.05) is 6.07 Å². The lowest BCUT2D eigenvalue weighted by Crippen LogP contribution is -2.16. The van der Waals surface area contributed by atoms with E-state index in [1.165, 1.54) is 10.7 Å². The van der Waals surface area contributed by atoms with E-state index in [9.17, 15) is 17.6 Å². The Hall–Kier alpha value is -3.00. The maximum atomic E-state index is 13.9. The van der Waals surface area contributed by atoms with Crippen LogP contribution in [0.5, 0.6) is 0 Å². The lowest BCUT2D eigenvalue weighted by Gasteiger charge is -2.19. The predicted octanol–water partition coefficient (Wildman–Crippen LogP) is 3.14. The van der Waals surface area contributed by atoms with Crippen LogP contribution in [0.1, 0.15) is 23.0 Å². The normalized spacial score (nSPS) is 14.3. The third-order valence-corrected chi connectivity index (χ3v) is 6.01. The first-order chi connectivity index (χ1) is 12.9. The van der Waals surface area contributed by atoms with Crippen LogP contribution in [0.15, 0.2) is 53.4 Å². The van der Waals surface area contributed by atoms with Crippen molar-refractivity contribution < 1.29 is 22.3 Å². The van der Waals surface area contributed by atoms with E-state index in [0.717, 1.165) is 12.1 Å². The van der Waals surface area contributed by atoms with Gasteiger partial charge in [-0.3, -0.25) is 0 Å². The van der Waals surface area contributed by atoms with Crippen LogP contribution in [0.25, 0.3) is 16.9 Å². The molecule has 0 saturated carbocycles. The minimum absolute atomic E-state index is 0.0175. The van der Waals surface area contributed by atoms with Crippen molar-refractivity contribution in [1.29, 1.82) is 0 Å². The van der Waals surface area contributed by atoms with Gasteiger partial charge in [0, 0.05) is 11.1 Å². The van der Waals surface area contributed by atoms with Crippen LogP contribution >= 0.6 is 0 Å². The zero-order valence-electron chi connectivity index (χ0n) is 14.3. The highest BCUT2D eigenvalue weighted by molar-refractivity contribution is 7.90. The van der Waals surface area contributed by atoms with Crippen molar-refractivity contribution in [3.63, 3.8) is 0 Å². The van der Waals surface area contributed by atoms with E-state index in [4.69, 9.17) is 4.74 Å². The predicted molar refractivity (Wildman–Crippen MR) is 95.8 cm³/mol. The van der Waals surface area contributed by atoms with Gasteiger partial charge < -0.3 is 4.74 Å². The van der Waals surface area contributed by atoms with Crippen molar-refractivity contribution in [3.05, 3.63) is 65.6 Å². The Morgan fingerprint density at radius 1 is 1.22 bits per heavy atom. The number of ether oxygens (including phenoxy) is 1. The monoisotopic (exact) mass is 386 g/mol. The minimum Gasteiger partial charge on any atom is -0.461 e. The summed E-state index contributed by atoms with van der Waals surface area (Å²) in [6.07, 6.45) is 0. The van der Waals surface area contributed by atoms with Crippen LogP contribution in [0, 0.1) is 5.82 Å². The van der Waals surface area contributed by atoms with Gasteiger partial charge in [0.05, 0.1) is 28.6 Å². The molecule has 0 N–H and O–H groups in total. The summed E-state index contributed by atoms with van der Waals surface area (Å²) in [6.45, 7) is 1.78. The third kappa shape index (κ3) is 2.82. The van der Waals surface area contributed by atoms with E-state index >= 15 is 0 Å². The Balaban J connectivity index is 2.07. The molecule has 8 heteroatoms. The average Bonchev–Trinajstić information content (AvgIpc) is 3.01. The van der Waals surface area contributed by atoms with E-state index in [1.54, 1.807) is 31.2 Å². The number of para-hydroxylation sites is 1. The maximum Gasteiger partial charge on any atom is 0.359 e. The van der Waals surface area contributed by atoms with Gasteiger partial charge >= 0.3 is 5.97 Å². The average molecular weight is 386 g/mol. The van der Waals surface area contributed by atoms with Crippen LogP contribution < -0.4 is 0 Å². The highest BCUT2D eigenvalue weighted by atomic mass is 32.2. The van der Waals surface area contributed by atoms with Crippen LogP contribution in [-0.2, 0) is 20.3 Å². The molecule has 0 fully saturated rings. The quantitative estimate of drug-likeness (QED) is 0.510. The number of benzene rings is 2. The molecule has 1 aromatic heterocycles. The molecule has 0 bridgehead atoms. The molecule has 0 saturated heterocycles. The second kappa shape index (κ2) is 6.31. The molecule has 2 aromatic carbocycles. The highest BCUT2D eigenvalue weighted by Gasteiger charge is 2.36. The number of hydrogen-bond acceptors (Lipinski definition) is 5. The fraction of sp³-hybridized carbons (Fsp3) is 0.158. The molecule has 0 aliphatic carbocycles. The number of hydrogen-bond donors (Lipinski definition) is 0. The minimum atomic E-state index is -3.74. The Bertz CT molecular complexity index is 1150. The first-order valence-electron chi connectivity index (χ1n) is 8.29. The summed E-state index contributed by atoms with van der Waals surface area (Å²) in [6, 6.07) is 12.4. The smallest absolute Gasteiger partial charge is 0.359 e. The van der Waals surface area contributed by atoms with E-state index in [-0.39, 0.29) is 28.3 Å². The molecule has 1 aliphatic rings. The molecule has 27 heavy (non-hydrogen) atoms. The first kappa shape index (κ1) is 17.4. The van der Waals surface area contributed by atoms with Crippen molar-refractivity contribution in [2.45, 2.75) is 17.6 Å². The highest BCUT2D eigenvalue weighted by Crippen LogP contribution is 2.41. The number of esters is 1. The molecule has 1 aliphatic heterocycles. The number of carbonyl (C=O) groups is 1. The van der Waals surface area contributed by atoms with Gasteiger partial charge in [0.25, 0.3) is 0 Å². The second-order valence-electron chi connectivity index (χ2n) is 6.04. The number of nitrogens with zero attached hydrogens (tertiary/aromatic N) is 2. The van der Waals surface area contributed by atoms with Crippen LogP contribution in [-0.4, -0.2) is 30.8 Å². The number of fused-ring (bicyclic) bond motifs is 3. The first-order valence-corrected chi connectivity index (χ1v) is 9.94. The number of aromatic nitrogens is 2. The molecule has 0 unspecified atom stereocenters. The summed E-state index contributed by atoms with van der Waals surface area (Å²) in [5, 5.41) is 4.33. The molecule has 6 nitrogen and oxygen atoms in total. The molecule has 0 atom stereocenters. The topological polar surface area (TPSA) is 78.3 Å². The largest absolute Gasteiger partial charge is 0.461 e.